The summed E-state index contributed by atoms with van der Waals surface area (Å²) in [5.74, 6) is 0.911. The van der Waals surface area contributed by atoms with Gasteiger partial charge in [0.05, 0.1) is 6.20 Å². The van der Waals surface area contributed by atoms with Crippen LogP contribution in [0, 0.1) is 0 Å². The number of nitrogens with one attached hydrogen (secondary N) is 1. The topological polar surface area (TPSA) is 42.2 Å². The zero-order valence-electron chi connectivity index (χ0n) is 11.4. The Morgan fingerprint density at radius 3 is 2.83 bits per heavy atom. The second-order valence-corrected chi connectivity index (χ2v) is 7.05. The standard InChI is InChI=1S/C13H20N4S/c1-5-6-14-10-9-17-8-7-15-11(17)12(16-10)18-13(2,3)4/h7-9,14H,5-6H2,1-4H3. The van der Waals surface area contributed by atoms with E-state index < -0.39 is 0 Å². The first-order valence-electron chi connectivity index (χ1n) is 6.26. The van der Waals surface area contributed by atoms with Crippen molar-refractivity contribution in [1.29, 1.82) is 0 Å². The van der Waals surface area contributed by atoms with E-state index >= 15 is 0 Å². The van der Waals surface area contributed by atoms with Gasteiger partial charge in [-0.15, -0.1) is 0 Å². The SMILES string of the molecule is CCCNc1cn2ccnc2c(SC(C)(C)C)n1. The van der Waals surface area contributed by atoms with Gasteiger partial charge in [-0.2, -0.15) is 0 Å². The van der Waals surface area contributed by atoms with Crippen LogP contribution in [0.2, 0.25) is 0 Å². The molecule has 2 aromatic heterocycles. The lowest BCUT2D eigenvalue weighted by Gasteiger charge is -2.17. The van der Waals surface area contributed by atoms with Crippen LogP contribution >= 0.6 is 11.8 Å². The number of nitrogens with zero attached hydrogens (tertiary/aromatic N) is 3. The van der Waals surface area contributed by atoms with Gasteiger partial charge in [-0.05, 0) is 6.42 Å². The normalized spacial score (nSPS) is 12.0. The molecule has 0 bridgehead atoms. The minimum atomic E-state index is 0.128. The van der Waals surface area contributed by atoms with Crippen molar-refractivity contribution >= 4 is 23.2 Å². The highest BCUT2D eigenvalue weighted by molar-refractivity contribution is 8.00. The lowest BCUT2D eigenvalue weighted by molar-refractivity contribution is 0.798. The molecule has 2 rings (SSSR count). The quantitative estimate of drug-likeness (QED) is 0.859. The second-order valence-electron chi connectivity index (χ2n) is 5.23. The minimum Gasteiger partial charge on any atom is -0.369 e. The molecule has 0 spiro atoms. The molecule has 0 aromatic carbocycles. The third kappa shape index (κ3) is 3.16. The van der Waals surface area contributed by atoms with Gasteiger partial charge in [0, 0.05) is 23.7 Å². The van der Waals surface area contributed by atoms with Gasteiger partial charge < -0.3 is 9.72 Å². The monoisotopic (exact) mass is 264 g/mol. The lowest BCUT2D eigenvalue weighted by atomic mass is 10.3. The Hall–Kier alpha value is -1.23. The molecule has 0 atom stereocenters. The molecule has 0 aliphatic heterocycles. The molecule has 0 saturated heterocycles. The fourth-order valence-electron chi connectivity index (χ4n) is 1.60. The average Bonchev–Trinajstić information content (AvgIpc) is 2.72. The summed E-state index contributed by atoms with van der Waals surface area (Å²) >= 11 is 1.75. The first-order valence-corrected chi connectivity index (χ1v) is 7.08. The van der Waals surface area contributed by atoms with Gasteiger partial charge in [-0.1, -0.05) is 39.5 Å². The van der Waals surface area contributed by atoms with Crippen LogP contribution in [0.4, 0.5) is 5.82 Å². The van der Waals surface area contributed by atoms with E-state index in [1.165, 1.54) is 0 Å². The summed E-state index contributed by atoms with van der Waals surface area (Å²) in [5, 5.41) is 4.31. The summed E-state index contributed by atoms with van der Waals surface area (Å²) in [4.78, 5) is 9.04. The minimum absolute atomic E-state index is 0.128. The summed E-state index contributed by atoms with van der Waals surface area (Å²) in [6, 6.07) is 0. The number of hydrogen-bond donors (Lipinski definition) is 1. The van der Waals surface area contributed by atoms with Crippen LogP contribution in [-0.4, -0.2) is 25.7 Å². The Kier molecular flexibility index (Phi) is 3.80. The Bertz CT molecular complexity index is 527. The molecule has 2 heterocycles. The largest absolute Gasteiger partial charge is 0.369 e. The smallest absolute Gasteiger partial charge is 0.169 e. The van der Waals surface area contributed by atoms with E-state index in [9.17, 15) is 0 Å². The van der Waals surface area contributed by atoms with E-state index in [2.05, 4.69) is 43.0 Å². The highest BCUT2D eigenvalue weighted by Gasteiger charge is 2.17. The van der Waals surface area contributed by atoms with Crippen LogP contribution in [0.15, 0.2) is 23.6 Å². The molecule has 0 aliphatic rings. The Morgan fingerprint density at radius 1 is 1.39 bits per heavy atom. The molecule has 4 nitrogen and oxygen atoms in total. The fraction of sp³-hybridized carbons (Fsp3) is 0.538. The van der Waals surface area contributed by atoms with Crippen molar-refractivity contribution in [3.8, 4) is 0 Å². The van der Waals surface area contributed by atoms with Crippen LogP contribution in [0.3, 0.4) is 0 Å². The Labute approximate surface area is 112 Å². The molecule has 1 N–H and O–H groups in total. The van der Waals surface area contributed by atoms with Crippen LogP contribution in [0.5, 0.6) is 0 Å². The third-order valence-corrected chi connectivity index (χ3v) is 3.38. The molecule has 98 valence electrons. The predicted octanol–water partition coefficient (Wildman–Crippen LogP) is 3.44. The van der Waals surface area contributed by atoms with Crippen molar-refractivity contribution in [3.05, 3.63) is 18.6 Å². The van der Waals surface area contributed by atoms with E-state index in [0.29, 0.717) is 0 Å². The molecule has 5 heteroatoms. The lowest BCUT2D eigenvalue weighted by Crippen LogP contribution is -2.10. The van der Waals surface area contributed by atoms with Gasteiger partial charge in [0.1, 0.15) is 10.8 Å². The van der Waals surface area contributed by atoms with Gasteiger partial charge in [0.25, 0.3) is 0 Å². The zero-order chi connectivity index (χ0) is 13.2. The van der Waals surface area contributed by atoms with Crippen molar-refractivity contribution < 1.29 is 0 Å². The molecule has 2 aromatic rings. The van der Waals surface area contributed by atoms with Crippen LogP contribution in [0.1, 0.15) is 34.1 Å². The maximum Gasteiger partial charge on any atom is 0.169 e. The molecular formula is C13H20N4S. The number of fused-ring (bicyclic) bond motifs is 1. The highest BCUT2D eigenvalue weighted by atomic mass is 32.2. The van der Waals surface area contributed by atoms with Gasteiger partial charge >= 0.3 is 0 Å². The predicted molar refractivity (Wildman–Crippen MR) is 77.4 cm³/mol. The van der Waals surface area contributed by atoms with Gasteiger partial charge in [-0.3, -0.25) is 0 Å². The molecule has 0 radical (unpaired) electrons. The summed E-state index contributed by atoms with van der Waals surface area (Å²) in [6.45, 7) is 9.64. The number of imidazole rings is 1. The van der Waals surface area contributed by atoms with E-state index in [1.807, 2.05) is 23.0 Å². The van der Waals surface area contributed by atoms with Crippen LogP contribution in [0.25, 0.3) is 5.65 Å². The number of hydrogen-bond acceptors (Lipinski definition) is 4. The van der Waals surface area contributed by atoms with Gasteiger partial charge in [0.2, 0.25) is 0 Å². The molecule has 0 saturated carbocycles. The third-order valence-electron chi connectivity index (χ3n) is 2.30. The molecule has 0 unspecified atom stereocenters. The van der Waals surface area contributed by atoms with E-state index in [4.69, 9.17) is 0 Å². The Balaban J connectivity index is 2.38. The first kappa shape index (κ1) is 13.2. The van der Waals surface area contributed by atoms with Gasteiger partial charge in [-0.25, -0.2) is 9.97 Å². The number of aromatic nitrogens is 3. The van der Waals surface area contributed by atoms with Crippen molar-refractivity contribution in [2.24, 2.45) is 0 Å². The van der Waals surface area contributed by atoms with Crippen molar-refractivity contribution in [2.45, 2.75) is 43.9 Å². The molecule has 18 heavy (non-hydrogen) atoms. The summed E-state index contributed by atoms with van der Waals surface area (Å²) in [7, 11) is 0. The van der Waals surface area contributed by atoms with E-state index in [1.54, 1.807) is 11.8 Å². The molecule has 0 aliphatic carbocycles. The first-order chi connectivity index (χ1) is 8.49. The summed E-state index contributed by atoms with van der Waals surface area (Å²) < 4.78 is 2.15. The Morgan fingerprint density at radius 2 is 2.17 bits per heavy atom. The van der Waals surface area contributed by atoms with E-state index in [0.717, 1.165) is 29.5 Å². The van der Waals surface area contributed by atoms with Gasteiger partial charge in [0.15, 0.2) is 5.65 Å². The van der Waals surface area contributed by atoms with Crippen LogP contribution < -0.4 is 5.32 Å². The maximum atomic E-state index is 4.66. The average molecular weight is 264 g/mol. The van der Waals surface area contributed by atoms with Crippen LogP contribution in [-0.2, 0) is 0 Å². The number of thioether (sulfide) groups is 1. The fourth-order valence-corrected chi connectivity index (χ4v) is 2.57. The highest BCUT2D eigenvalue weighted by Crippen LogP contribution is 2.33. The van der Waals surface area contributed by atoms with Crippen molar-refractivity contribution in [2.75, 3.05) is 11.9 Å². The molecule has 0 fully saturated rings. The summed E-state index contributed by atoms with van der Waals surface area (Å²) in [6.07, 6.45) is 6.85. The van der Waals surface area contributed by atoms with Crippen molar-refractivity contribution in [1.82, 2.24) is 14.4 Å². The zero-order valence-corrected chi connectivity index (χ0v) is 12.2. The van der Waals surface area contributed by atoms with Crippen molar-refractivity contribution in [3.63, 3.8) is 0 Å². The molecule has 0 amide bonds. The number of rotatable bonds is 4. The number of anilines is 1. The molecular weight excluding hydrogens is 244 g/mol. The van der Waals surface area contributed by atoms with E-state index in [-0.39, 0.29) is 4.75 Å². The maximum absolute atomic E-state index is 4.66. The summed E-state index contributed by atoms with van der Waals surface area (Å²) in [5.41, 5.74) is 0.928. The second kappa shape index (κ2) is 5.18.